The SMILES string of the molecule is O=C(c1ccccc1)c1ccccc1-c1c2c(cc3oc4ccccc4c13)-c1cccc3cccc-2c13. The molecular weight excluding hydrogens is 452 g/mol. The average Bonchev–Trinajstić information content (AvgIpc) is 3.49. The lowest BCUT2D eigenvalue weighted by atomic mass is 9.85. The van der Waals surface area contributed by atoms with E-state index in [2.05, 4.69) is 54.6 Å². The third kappa shape index (κ3) is 2.78. The first-order valence-corrected chi connectivity index (χ1v) is 12.5. The maximum atomic E-state index is 13.9. The van der Waals surface area contributed by atoms with E-state index >= 15 is 0 Å². The molecule has 0 N–H and O–H groups in total. The molecule has 0 radical (unpaired) electrons. The Morgan fingerprint density at radius 1 is 0.514 bits per heavy atom. The number of hydrogen-bond donors (Lipinski definition) is 0. The highest BCUT2D eigenvalue weighted by Crippen LogP contribution is 2.55. The summed E-state index contributed by atoms with van der Waals surface area (Å²) in [5.74, 6) is 0.0171. The molecule has 0 fully saturated rings. The van der Waals surface area contributed by atoms with Gasteiger partial charge in [0.05, 0.1) is 0 Å². The summed E-state index contributed by atoms with van der Waals surface area (Å²) in [7, 11) is 0. The Morgan fingerprint density at radius 3 is 2.08 bits per heavy atom. The van der Waals surface area contributed by atoms with Gasteiger partial charge in [-0.05, 0) is 50.7 Å². The zero-order valence-corrected chi connectivity index (χ0v) is 19.9. The molecule has 0 atom stereocenters. The summed E-state index contributed by atoms with van der Waals surface area (Å²) in [6.45, 7) is 0. The second-order valence-electron chi connectivity index (χ2n) is 9.60. The molecule has 0 saturated carbocycles. The number of benzene rings is 6. The quantitative estimate of drug-likeness (QED) is 0.240. The average molecular weight is 473 g/mol. The first kappa shape index (κ1) is 20.3. The van der Waals surface area contributed by atoms with Gasteiger partial charge in [-0.1, -0.05) is 109 Å². The van der Waals surface area contributed by atoms with E-state index in [-0.39, 0.29) is 5.78 Å². The van der Waals surface area contributed by atoms with Gasteiger partial charge in [0.25, 0.3) is 0 Å². The first-order valence-electron chi connectivity index (χ1n) is 12.5. The van der Waals surface area contributed by atoms with E-state index in [1.165, 1.54) is 27.5 Å². The fraction of sp³-hybridized carbons (Fsp3) is 0. The molecule has 7 aromatic rings. The van der Waals surface area contributed by atoms with Crippen LogP contribution in [0, 0.1) is 0 Å². The first-order chi connectivity index (χ1) is 18.3. The molecule has 0 aliphatic heterocycles. The van der Waals surface area contributed by atoms with Crippen molar-refractivity contribution in [2.24, 2.45) is 0 Å². The van der Waals surface area contributed by atoms with Crippen molar-refractivity contribution in [3.63, 3.8) is 0 Å². The van der Waals surface area contributed by atoms with Crippen LogP contribution in [-0.2, 0) is 0 Å². The molecule has 37 heavy (non-hydrogen) atoms. The van der Waals surface area contributed by atoms with Gasteiger partial charge in [0.1, 0.15) is 11.2 Å². The van der Waals surface area contributed by atoms with Crippen LogP contribution < -0.4 is 0 Å². The van der Waals surface area contributed by atoms with Crippen LogP contribution in [-0.4, -0.2) is 5.78 Å². The van der Waals surface area contributed by atoms with E-state index in [0.29, 0.717) is 11.1 Å². The van der Waals surface area contributed by atoms with Crippen LogP contribution in [0.1, 0.15) is 15.9 Å². The molecule has 1 heterocycles. The Hall–Kier alpha value is -4.95. The van der Waals surface area contributed by atoms with Crippen LogP contribution in [0.25, 0.3) is 66.1 Å². The van der Waals surface area contributed by atoms with Crippen molar-refractivity contribution in [2.75, 3.05) is 0 Å². The summed E-state index contributed by atoms with van der Waals surface area (Å²) in [5, 5.41) is 4.57. The normalized spacial score (nSPS) is 11.9. The van der Waals surface area contributed by atoms with Gasteiger partial charge >= 0.3 is 0 Å². The van der Waals surface area contributed by atoms with Crippen molar-refractivity contribution in [3.05, 3.63) is 132 Å². The molecule has 1 aliphatic carbocycles. The number of carbonyl (C=O) groups is 1. The summed E-state index contributed by atoms with van der Waals surface area (Å²) < 4.78 is 6.43. The van der Waals surface area contributed by atoms with Crippen LogP contribution in [0.3, 0.4) is 0 Å². The predicted molar refractivity (Wildman–Crippen MR) is 151 cm³/mol. The lowest BCUT2D eigenvalue weighted by molar-refractivity contribution is 0.103. The molecule has 0 bridgehead atoms. The second-order valence-corrected chi connectivity index (χ2v) is 9.60. The zero-order chi connectivity index (χ0) is 24.5. The van der Waals surface area contributed by atoms with Crippen molar-refractivity contribution in [2.45, 2.75) is 0 Å². The van der Waals surface area contributed by atoms with Gasteiger partial charge in [-0.15, -0.1) is 0 Å². The Morgan fingerprint density at radius 2 is 1.22 bits per heavy atom. The molecule has 6 aromatic carbocycles. The number of ketones is 1. The molecule has 2 heteroatoms. The molecule has 0 unspecified atom stereocenters. The van der Waals surface area contributed by atoms with Gasteiger partial charge in [-0.25, -0.2) is 0 Å². The minimum absolute atomic E-state index is 0.0171. The van der Waals surface area contributed by atoms with E-state index in [4.69, 9.17) is 4.42 Å². The lowest BCUT2D eigenvalue weighted by Gasteiger charge is -2.16. The van der Waals surface area contributed by atoms with Gasteiger partial charge in [-0.3, -0.25) is 4.79 Å². The van der Waals surface area contributed by atoms with Gasteiger partial charge in [0.15, 0.2) is 5.78 Å². The van der Waals surface area contributed by atoms with Crippen molar-refractivity contribution >= 4 is 38.5 Å². The van der Waals surface area contributed by atoms with E-state index < -0.39 is 0 Å². The molecule has 0 saturated heterocycles. The lowest BCUT2D eigenvalue weighted by Crippen LogP contribution is -2.04. The van der Waals surface area contributed by atoms with Crippen LogP contribution in [0.15, 0.2) is 126 Å². The zero-order valence-electron chi connectivity index (χ0n) is 19.9. The third-order valence-electron chi connectivity index (χ3n) is 7.61. The fourth-order valence-electron chi connectivity index (χ4n) is 6.07. The monoisotopic (exact) mass is 472 g/mol. The minimum Gasteiger partial charge on any atom is -0.456 e. The largest absolute Gasteiger partial charge is 0.456 e. The fourth-order valence-corrected chi connectivity index (χ4v) is 6.07. The third-order valence-corrected chi connectivity index (χ3v) is 7.61. The number of furan rings is 1. The highest BCUT2D eigenvalue weighted by molar-refractivity contribution is 6.27. The van der Waals surface area contributed by atoms with Crippen LogP contribution in [0.4, 0.5) is 0 Å². The van der Waals surface area contributed by atoms with E-state index in [9.17, 15) is 4.79 Å². The van der Waals surface area contributed by atoms with Crippen molar-refractivity contribution in [1.29, 1.82) is 0 Å². The maximum absolute atomic E-state index is 13.9. The molecule has 0 spiro atoms. The topological polar surface area (TPSA) is 30.2 Å². The van der Waals surface area contributed by atoms with Gasteiger partial charge in [0.2, 0.25) is 0 Å². The number of rotatable bonds is 3. The Balaban J connectivity index is 1.55. The second kappa shape index (κ2) is 7.52. The molecule has 172 valence electrons. The smallest absolute Gasteiger partial charge is 0.193 e. The molecule has 1 aliphatic rings. The van der Waals surface area contributed by atoms with Crippen molar-refractivity contribution < 1.29 is 9.21 Å². The van der Waals surface area contributed by atoms with E-state index in [1.54, 1.807) is 0 Å². The molecule has 0 amide bonds. The van der Waals surface area contributed by atoms with Gasteiger partial charge < -0.3 is 4.42 Å². The number of carbonyl (C=O) groups excluding carboxylic acids is 1. The van der Waals surface area contributed by atoms with Crippen LogP contribution in [0.5, 0.6) is 0 Å². The highest BCUT2D eigenvalue weighted by atomic mass is 16.3. The van der Waals surface area contributed by atoms with E-state index in [1.807, 2.05) is 66.7 Å². The molecule has 8 rings (SSSR count). The molecular formula is C35H20O2. The molecule has 2 nitrogen and oxygen atoms in total. The van der Waals surface area contributed by atoms with E-state index in [0.717, 1.165) is 38.6 Å². The van der Waals surface area contributed by atoms with Crippen molar-refractivity contribution in [1.82, 2.24) is 0 Å². The summed E-state index contributed by atoms with van der Waals surface area (Å²) in [4.78, 5) is 13.9. The Kier molecular flexibility index (Phi) is 4.12. The summed E-state index contributed by atoms with van der Waals surface area (Å²) in [5.41, 5.74) is 9.76. The standard InChI is InChI=1S/C35H20O2/c36-35(22-10-2-1-3-11-22)25-15-5-4-14-23(25)34-32-27-18-9-13-21-12-8-17-24(31(21)27)28(32)20-30-33(34)26-16-6-7-19-29(26)37-30/h1-20H. The van der Waals surface area contributed by atoms with Crippen LogP contribution in [0.2, 0.25) is 0 Å². The van der Waals surface area contributed by atoms with Gasteiger partial charge in [-0.2, -0.15) is 0 Å². The van der Waals surface area contributed by atoms with Gasteiger partial charge in [0, 0.05) is 27.5 Å². The maximum Gasteiger partial charge on any atom is 0.193 e. The Labute approximate surface area is 213 Å². The summed E-state index contributed by atoms with van der Waals surface area (Å²) in [6.07, 6.45) is 0. The number of para-hydroxylation sites is 1. The minimum atomic E-state index is 0.0171. The number of hydrogen-bond acceptors (Lipinski definition) is 2. The number of fused-ring (bicyclic) bond motifs is 6. The summed E-state index contributed by atoms with van der Waals surface area (Å²) in [6, 6.07) is 40.8. The Bertz CT molecular complexity index is 2040. The predicted octanol–water partition coefficient (Wildman–Crippen LogP) is 9.28. The summed E-state index contributed by atoms with van der Waals surface area (Å²) >= 11 is 0. The van der Waals surface area contributed by atoms with Crippen LogP contribution >= 0.6 is 0 Å². The highest BCUT2D eigenvalue weighted by Gasteiger charge is 2.30. The van der Waals surface area contributed by atoms with Crippen molar-refractivity contribution in [3.8, 4) is 33.4 Å². The molecule has 1 aromatic heterocycles.